The summed E-state index contributed by atoms with van der Waals surface area (Å²) in [5.41, 5.74) is 8.64. The van der Waals surface area contributed by atoms with Crippen LogP contribution in [0.2, 0.25) is 0 Å². The van der Waals surface area contributed by atoms with Gasteiger partial charge in [0.15, 0.2) is 0 Å². The van der Waals surface area contributed by atoms with Crippen molar-refractivity contribution in [2.75, 3.05) is 13.7 Å². The number of aromatic amines is 1. The first-order valence-corrected chi connectivity index (χ1v) is 11.8. The summed E-state index contributed by atoms with van der Waals surface area (Å²) in [4.78, 5) is 33.5. The van der Waals surface area contributed by atoms with Crippen LogP contribution in [0.1, 0.15) is 59.9 Å². The highest BCUT2D eigenvalue weighted by Gasteiger charge is 2.39. The fourth-order valence-corrected chi connectivity index (χ4v) is 4.72. The fraction of sp³-hybridized carbons (Fsp3) is 0.370. The van der Waals surface area contributed by atoms with Gasteiger partial charge in [0.05, 0.1) is 29.8 Å². The van der Waals surface area contributed by atoms with Gasteiger partial charge in [0.2, 0.25) is 5.91 Å². The number of aromatic nitrogens is 2. The third-order valence-corrected chi connectivity index (χ3v) is 6.78. The lowest BCUT2D eigenvalue weighted by molar-refractivity contribution is -0.133. The van der Waals surface area contributed by atoms with Crippen molar-refractivity contribution >= 4 is 11.9 Å². The average molecular weight is 461 g/mol. The van der Waals surface area contributed by atoms with Gasteiger partial charge in [0.1, 0.15) is 5.82 Å². The summed E-state index contributed by atoms with van der Waals surface area (Å²) in [5, 5.41) is 3.26. The van der Waals surface area contributed by atoms with E-state index >= 15 is 0 Å². The molecule has 1 heterocycles. The number of nitrogens with one attached hydrogen (secondary N) is 2. The molecule has 34 heavy (non-hydrogen) atoms. The Hall–Kier alpha value is -3.45. The Balaban J connectivity index is 1.61. The summed E-state index contributed by atoms with van der Waals surface area (Å²) in [6.45, 7) is 0.348. The Morgan fingerprint density at radius 1 is 1.12 bits per heavy atom. The lowest BCUT2D eigenvalue weighted by Gasteiger charge is -2.35. The Labute approximate surface area is 200 Å². The quantitative estimate of drug-likeness (QED) is 0.437. The van der Waals surface area contributed by atoms with E-state index in [4.69, 9.17) is 15.5 Å². The predicted octanol–water partition coefficient (Wildman–Crippen LogP) is 4.17. The summed E-state index contributed by atoms with van der Waals surface area (Å²) in [6, 6.07) is 16.9. The van der Waals surface area contributed by atoms with Gasteiger partial charge in [0, 0.05) is 18.3 Å². The third kappa shape index (κ3) is 5.20. The van der Waals surface area contributed by atoms with Gasteiger partial charge in [-0.05, 0) is 37.0 Å². The molecule has 0 saturated heterocycles. The lowest BCUT2D eigenvalue weighted by Crippen LogP contribution is -2.48. The molecular weight excluding hydrogens is 428 g/mol. The van der Waals surface area contributed by atoms with E-state index in [1.165, 1.54) is 7.11 Å². The monoisotopic (exact) mass is 460 g/mol. The Morgan fingerprint density at radius 2 is 1.88 bits per heavy atom. The number of carbonyl (C=O) groups is 2. The Morgan fingerprint density at radius 3 is 2.59 bits per heavy atom. The summed E-state index contributed by atoms with van der Waals surface area (Å²) < 4.78 is 4.83. The molecule has 0 radical (unpaired) electrons. The zero-order valence-electron chi connectivity index (χ0n) is 19.5. The molecule has 1 unspecified atom stereocenters. The fourth-order valence-electron chi connectivity index (χ4n) is 4.72. The van der Waals surface area contributed by atoms with Crippen LogP contribution in [0, 0.1) is 5.41 Å². The zero-order valence-corrected chi connectivity index (χ0v) is 19.5. The molecule has 2 aromatic carbocycles. The first-order chi connectivity index (χ1) is 16.5. The number of hydrogen-bond acceptors (Lipinski definition) is 5. The van der Waals surface area contributed by atoms with Gasteiger partial charge in [-0.2, -0.15) is 0 Å². The smallest absolute Gasteiger partial charge is 0.337 e. The molecule has 1 amide bonds. The summed E-state index contributed by atoms with van der Waals surface area (Å²) in [7, 11) is 1.36. The second-order valence-electron chi connectivity index (χ2n) is 9.00. The van der Waals surface area contributed by atoms with E-state index in [9.17, 15) is 9.59 Å². The summed E-state index contributed by atoms with van der Waals surface area (Å²) >= 11 is 0. The second-order valence-corrected chi connectivity index (χ2v) is 9.00. The van der Waals surface area contributed by atoms with Crippen molar-refractivity contribution in [1.29, 1.82) is 0 Å². The van der Waals surface area contributed by atoms with Gasteiger partial charge >= 0.3 is 5.97 Å². The van der Waals surface area contributed by atoms with Gasteiger partial charge in [-0.25, -0.2) is 9.78 Å². The third-order valence-electron chi connectivity index (χ3n) is 6.78. The minimum Gasteiger partial charge on any atom is -0.465 e. The molecule has 4 N–H and O–H groups in total. The molecule has 178 valence electrons. The minimum atomic E-state index is -0.516. The molecule has 0 bridgehead atoms. The van der Waals surface area contributed by atoms with Gasteiger partial charge in [0.25, 0.3) is 0 Å². The standard InChI is InChI=1S/C27H32N4O3/c1-34-25(32)21-12-8-11-20(16-21)23-17-29-24(30-23)22(15-19-9-4-2-5-10-19)31-26(33)27(18-28)13-6-3-7-14-27/h2,4-5,8-12,16-17,22H,3,6-7,13-15,18,28H2,1H3,(H,29,30)(H,31,33). The summed E-state index contributed by atoms with van der Waals surface area (Å²) in [6.07, 6.45) is 7.23. The zero-order chi connectivity index (χ0) is 24.0. The van der Waals surface area contributed by atoms with Crippen LogP contribution in [-0.4, -0.2) is 35.5 Å². The van der Waals surface area contributed by atoms with E-state index in [2.05, 4.69) is 10.3 Å². The van der Waals surface area contributed by atoms with Crippen molar-refractivity contribution in [3.05, 3.63) is 77.7 Å². The number of rotatable bonds is 8. The van der Waals surface area contributed by atoms with E-state index in [0.29, 0.717) is 30.0 Å². The number of H-pyrrole nitrogens is 1. The van der Waals surface area contributed by atoms with Crippen molar-refractivity contribution < 1.29 is 14.3 Å². The molecule has 3 aromatic rings. The highest BCUT2D eigenvalue weighted by atomic mass is 16.5. The van der Waals surface area contributed by atoms with Crippen molar-refractivity contribution in [3.8, 4) is 11.3 Å². The number of benzene rings is 2. The molecule has 4 rings (SSSR count). The molecule has 1 aromatic heterocycles. The molecule has 0 aliphatic heterocycles. The molecule has 7 nitrogen and oxygen atoms in total. The number of nitrogens with two attached hydrogens (primary N) is 1. The first-order valence-electron chi connectivity index (χ1n) is 11.8. The van der Waals surface area contributed by atoms with Crippen molar-refractivity contribution in [3.63, 3.8) is 0 Å². The number of ether oxygens (including phenoxy) is 1. The van der Waals surface area contributed by atoms with Crippen LogP contribution in [0.25, 0.3) is 11.3 Å². The number of carbonyl (C=O) groups excluding carboxylic acids is 2. The van der Waals surface area contributed by atoms with E-state index < -0.39 is 11.4 Å². The first kappa shape index (κ1) is 23.7. The maximum Gasteiger partial charge on any atom is 0.337 e. The number of amides is 1. The molecule has 1 aliphatic rings. The van der Waals surface area contributed by atoms with Crippen LogP contribution < -0.4 is 11.1 Å². The number of nitrogens with zero attached hydrogens (tertiary/aromatic N) is 1. The predicted molar refractivity (Wildman–Crippen MR) is 131 cm³/mol. The molecule has 0 spiro atoms. The Kier molecular flexibility index (Phi) is 7.43. The number of esters is 1. The largest absolute Gasteiger partial charge is 0.465 e. The van der Waals surface area contributed by atoms with Crippen LogP contribution in [0.15, 0.2) is 60.8 Å². The van der Waals surface area contributed by atoms with Gasteiger partial charge in [-0.1, -0.05) is 61.7 Å². The number of imidazole rings is 1. The average Bonchev–Trinajstić information content (AvgIpc) is 3.39. The van der Waals surface area contributed by atoms with Crippen LogP contribution in [-0.2, 0) is 16.0 Å². The maximum absolute atomic E-state index is 13.5. The van der Waals surface area contributed by atoms with E-state index in [-0.39, 0.29) is 11.9 Å². The molecule has 1 aliphatic carbocycles. The molecule has 1 fully saturated rings. The van der Waals surface area contributed by atoms with Gasteiger partial charge < -0.3 is 20.8 Å². The van der Waals surface area contributed by atoms with E-state index in [1.54, 1.807) is 24.4 Å². The molecular formula is C27H32N4O3. The highest BCUT2D eigenvalue weighted by Crippen LogP contribution is 2.36. The number of methoxy groups -OCH3 is 1. The van der Waals surface area contributed by atoms with Gasteiger partial charge in [-0.3, -0.25) is 4.79 Å². The van der Waals surface area contributed by atoms with Crippen LogP contribution in [0.4, 0.5) is 0 Å². The van der Waals surface area contributed by atoms with Crippen molar-refractivity contribution in [1.82, 2.24) is 15.3 Å². The topological polar surface area (TPSA) is 110 Å². The van der Waals surface area contributed by atoms with Crippen LogP contribution in [0.3, 0.4) is 0 Å². The van der Waals surface area contributed by atoms with E-state index in [1.807, 2.05) is 36.4 Å². The minimum absolute atomic E-state index is 0.00118. The normalized spacial score (nSPS) is 15.9. The molecule has 1 atom stereocenters. The van der Waals surface area contributed by atoms with E-state index in [0.717, 1.165) is 43.2 Å². The van der Waals surface area contributed by atoms with Crippen LogP contribution >= 0.6 is 0 Å². The van der Waals surface area contributed by atoms with Gasteiger partial charge in [-0.15, -0.1) is 0 Å². The summed E-state index contributed by atoms with van der Waals surface area (Å²) in [5.74, 6) is 0.270. The number of hydrogen-bond donors (Lipinski definition) is 3. The molecule has 7 heteroatoms. The SMILES string of the molecule is COC(=O)c1cccc(-c2c[nH]c(C(Cc3ccccc3)NC(=O)C3(CN)CCCCC3)n2)c1. The molecule has 1 saturated carbocycles. The maximum atomic E-state index is 13.5. The lowest BCUT2D eigenvalue weighted by atomic mass is 9.73. The Bertz CT molecular complexity index is 1120. The van der Waals surface area contributed by atoms with Crippen LogP contribution in [0.5, 0.6) is 0 Å². The second kappa shape index (κ2) is 10.7. The van der Waals surface area contributed by atoms with Crippen molar-refractivity contribution in [2.24, 2.45) is 11.1 Å². The highest BCUT2D eigenvalue weighted by molar-refractivity contribution is 5.90. The van der Waals surface area contributed by atoms with Crippen molar-refractivity contribution in [2.45, 2.75) is 44.6 Å².